The molecular weight excluding hydrogens is 248 g/mol. The van der Waals surface area contributed by atoms with Crippen molar-refractivity contribution >= 4 is 17.2 Å². The van der Waals surface area contributed by atoms with Crippen LogP contribution in [-0.4, -0.2) is 17.6 Å². The Kier molecular flexibility index (Phi) is 4.20. The van der Waals surface area contributed by atoms with Crippen molar-refractivity contribution in [1.29, 1.82) is 0 Å². The summed E-state index contributed by atoms with van der Waals surface area (Å²) in [6.45, 7) is 0.639. The van der Waals surface area contributed by atoms with Crippen molar-refractivity contribution in [3.8, 4) is 5.75 Å². The Morgan fingerprint density at radius 1 is 1.28 bits per heavy atom. The Morgan fingerprint density at radius 3 is 2.67 bits per heavy atom. The molecule has 0 aliphatic rings. The second-order valence-corrected chi connectivity index (χ2v) is 4.52. The zero-order chi connectivity index (χ0) is 12.8. The van der Waals surface area contributed by atoms with Gasteiger partial charge >= 0.3 is 0 Å². The maximum absolute atomic E-state index is 8.54. The number of nitrogens with zero attached hydrogens (tertiary/aromatic N) is 1. The Morgan fingerprint density at radius 2 is 2.06 bits per heavy atom. The number of amidine groups is 1. The van der Waals surface area contributed by atoms with Crippen LogP contribution in [0.5, 0.6) is 5.75 Å². The number of thiophene rings is 1. The van der Waals surface area contributed by atoms with E-state index in [1.165, 1.54) is 5.56 Å². The molecular formula is C13H14N2O2S. The van der Waals surface area contributed by atoms with Gasteiger partial charge in [-0.2, -0.15) is 11.3 Å². The number of hydrogen-bond donors (Lipinski definition) is 2. The van der Waals surface area contributed by atoms with Gasteiger partial charge in [-0.15, -0.1) is 0 Å². The van der Waals surface area contributed by atoms with Crippen LogP contribution in [0.15, 0.2) is 46.2 Å². The number of oxime groups is 1. The Balaban J connectivity index is 1.87. The van der Waals surface area contributed by atoms with Gasteiger partial charge in [-0.3, -0.25) is 0 Å². The van der Waals surface area contributed by atoms with E-state index in [0.717, 1.165) is 12.2 Å². The van der Waals surface area contributed by atoms with Crippen molar-refractivity contribution in [2.24, 2.45) is 10.9 Å². The fraction of sp³-hybridized carbons (Fsp3) is 0.154. The molecule has 0 amide bonds. The van der Waals surface area contributed by atoms with Crippen molar-refractivity contribution in [2.75, 3.05) is 6.61 Å². The molecule has 0 saturated carbocycles. The molecule has 4 nitrogen and oxygen atoms in total. The fourth-order valence-electron chi connectivity index (χ4n) is 1.50. The van der Waals surface area contributed by atoms with Crippen LogP contribution < -0.4 is 10.5 Å². The van der Waals surface area contributed by atoms with Crippen LogP contribution >= 0.6 is 11.3 Å². The summed E-state index contributed by atoms with van der Waals surface area (Å²) >= 11 is 1.69. The van der Waals surface area contributed by atoms with Crippen LogP contribution in [-0.2, 0) is 6.42 Å². The van der Waals surface area contributed by atoms with Crippen molar-refractivity contribution in [3.05, 3.63) is 52.2 Å². The summed E-state index contributed by atoms with van der Waals surface area (Å²) < 4.78 is 5.61. The molecule has 0 fully saturated rings. The van der Waals surface area contributed by atoms with E-state index >= 15 is 0 Å². The summed E-state index contributed by atoms with van der Waals surface area (Å²) in [6, 6.07) is 9.22. The number of hydrogen-bond acceptors (Lipinski definition) is 4. The lowest BCUT2D eigenvalue weighted by molar-refractivity contribution is 0.318. The molecule has 2 aromatic rings. The van der Waals surface area contributed by atoms with Gasteiger partial charge in [0, 0.05) is 12.0 Å². The third kappa shape index (κ3) is 3.24. The Bertz CT molecular complexity index is 506. The van der Waals surface area contributed by atoms with E-state index in [0.29, 0.717) is 12.2 Å². The quantitative estimate of drug-likeness (QED) is 0.376. The molecule has 0 aliphatic carbocycles. The van der Waals surface area contributed by atoms with Crippen LogP contribution in [0.2, 0.25) is 0 Å². The van der Waals surface area contributed by atoms with E-state index in [-0.39, 0.29) is 5.84 Å². The molecule has 0 saturated heterocycles. The molecule has 0 atom stereocenters. The SMILES string of the molecule is NC(=NO)c1ccc(OCCc2ccsc2)cc1. The highest BCUT2D eigenvalue weighted by molar-refractivity contribution is 7.07. The largest absolute Gasteiger partial charge is 0.493 e. The monoisotopic (exact) mass is 262 g/mol. The fourth-order valence-corrected chi connectivity index (χ4v) is 2.20. The molecule has 94 valence electrons. The van der Waals surface area contributed by atoms with Gasteiger partial charge in [0.2, 0.25) is 0 Å². The smallest absolute Gasteiger partial charge is 0.170 e. The van der Waals surface area contributed by atoms with Crippen LogP contribution in [0, 0.1) is 0 Å². The maximum atomic E-state index is 8.54. The van der Waals surface area contributed by atoms with Gasteiger partial charge < -0.3 is 15.7 Å². The van der Waals surface area contributed by atoms with Crippen molar-refractivity contribution in [3.63, 3.8) is 0 Å². The van der Waals surface area contributed by atoms with Gasteiger partial charge in [0.25, 0.3) is 0 Å². The second-order valence-electron chi connectivity index (χ2n) is 3.74. The van der Waals surface area contributed by atoms with E-state index < -0.39 is 0 Å². The van der Waals surface area contributed by atoms with E-state index in [9.17, 15) is 0 Å². The van der Waals surface area contributed by atoms with Gasteiger partial charge in [-0.1, -0.05) is 5.16 Å². The third-order valence-corrected chi connectivity index (χ3v) is 3.23. The molecule has 1 aromatic carbocycles. The molecule has 1 heterocycles. The summed E-state index contributed by atoms with van der Waals surface area (Å²) in [5.74, 6) is 0.875. The average Bonchev–Trinajstić information content (AvgIpc) is 2.92. The predicted octanol–water partition coefficient (Wildman–Crippen LogP) is 2.46. The van der Waals surface area contributed by atoms with Crippen molar-refractivity contribution in [2.45, 2.75) is 6.42 Å². The van der Waals surface area contributed by atoms with Crippen LogP contribution in [0.3, 0.4) is 0 Å². The molecule has 0 spiro atoms. The first-order valence-corrected chi connectivity index (χ1v) is 6.45. The molecule has 5 heteroatoms. The molecule has 0 aliphatic heterocycles. The van der Waals surface area contributed by atoms with E-state index in [1.807, 2.05) is 0 Å². The minimum Gasteiger partial charge on any atom is -0.493 e. The van der Waals surface area contributed by atoms with Crippen LogP contribution in [0.4, 0.5) is 0 Å². The average molecular weight is 262 g/mol. The van der Waals surface area contributed by atoms with E-state index in [1.54, 1.807) is 35.6 Å². The highest BCUT2D eigenvalue weighted by Gasteiger charge is 2.00. The first-order valence-electron chi connectivity index (χ1n) is 5.51. The lowest BCUT2D eigenvalue weighted by Crippen LogP contribution is -2.12. The standard InChI is InChI=1S/C13H14N2O2S/c14-13(15-16)11-1-3-12(4-2-11)17-7-5-10-6-8-18-9-10/h1-4,6,8-9,16H,5,7H2,(H2,14,15). The normalized spacial score (nSPS) is 11.4. The molecule has 0 radical (unpaired) electrons. The summed E-state index contributed by atoms with van der Waals surface area (Å²) in [7, 11) is 0. The topological polar surface area (TPSA) is 67.8 Å². The van der Waals surface area contributed by atoms with Gasteiger partial charge in [-0.05, 0) is 46.7 Å². The Labute approximate surface area is 109 Å². The lowest BCUT2D eigenvalue weighted by Gasteiger charge is -2.06. The molecule has 18 heavy (non-hydrogen) atoms. The number of ether oxygens (including phenoxy) is 1. The number of rotatable bonds is 5. The molecule has 1 aromatic heterocycles. The van der Waals surface area contributed by atoms with Gasteiger partial charge in [0.05, 0.1) is 6.61 Å². The summed E-state index contributed by atoms with van der Waals surface area (Å²) in [6.07, 6.45) is 0.894. The molecule has 3 N–H and O–H groups in total. The van der Waals surface area contributed by atoms with E-state index in [2.05, 4.69) is 22.0 Å². The van der Waals surface area contributed by atoms with Crippen LogP contribution in [0.25, 0.3) is 0 Å². The zero-order valence-electron chi connectivity index (χ0n) is 9.74. The highest BCUT2D eigenvalue weighted by Crippen LogP contribution is 2.13. The lowest BCUT2D eigenvalue weighted by atomic mass is 10.2. The molecule has 0 unspecified atom stereocenters. The minimum atomic E-state index is 0.0971. The predicted molar refractivity (Wildman–Crippen MR) is 72.5 cm³/mol. The Hall–Kier alpha value is -2.01. The maximum Gasteiger partial charge on any atom is 0.170 e. The van der Waals surface area contributed by atoms with Crippen molar-refractivity contribution in [1.82, 2.24) is 0 Å². The number of nitrogens with two attached hydrogens (primary N) is 1. The summed E-state index contributed by atoms with van der Waals surface area (Å²) in [5, 5.41) is 15.6. The van der Waals surface area contributed by atoms with Gasteiger partial charge in [0.1, 0.15) is 5.75 Å². The van der Waals surface area contributed by atoms with E-state index in [4.69, 9.17) is 15.7 Å². The zero-order valence-corrected chi connectivity index (χ0v) is 10.6. The third-order valence-electron chi connectivity index (χ3n) is 2.50. The summed E-state index contributed by atoms with van der Waals surface area (Å²) in [4.78, 5) is 0. The first kappa shape index (κ1) is 12.4. The number of benzene rings is 1. The minimum absolute atomic E-state index is 0.0971. The second kappa shape index (κ2) is 6.07. The molecule has 2 rings (SSSR count). The first-order chi connectivity index (χ1) is 8.79. The van der Waals surface area contributed by atoms with Crippen LogP contribution in [0.1, 0.15) is 11.1 Å². The highest BCUT2D eigenvalue weighted by atomic mass is 32.1. The summed E-state index contributed by atoms with van der Waals surface area (Å²) in [5.41, 5.74) is 7.42. The molecule has 0 bridgehead atoms. The van der Waals surface area contributed by atoms with Gasteiger partial charge in [0.15, 0.2) is 5.84 Å². The van der Waals surface area contributed by atoms with Gasteiger partial charge in [-0.25, -0.2) is 0 Å². The van der Waals surface area contributed by atoms with Crippen molar-refractivity contribution < 1.29 is 9.94 Å².